The van der Waals surface area contributed by atoms with Crippen LogP contribution in [0.5, 0.6) is 0 Å². The van der Waals surface area contributed by atoms with E-state index in [1.54, 1.807) is 4.90 Å². The van der Waals surface area contributed by atoms with E-state index in [9.17, 15) is 9.00 Å². The van der Waals surface area contributed by atoms with E-state index in [0.29, 0.717) is 24.8 Å². The lowest BCUT2D eigenvalue weighted by molar-refractivity contribution is 0.0255. The molecular weight excluding hydrogens is 252 g/mol. The molecule has 2 N–H and O–H groups in total. The Labute approximate surface area is 112 Å². The monoisotopic (exact) mass is 276 g/mol. The summed E-state index contributed by atoms with van der Waals surface area (Å²) in [5, 5.41) is 5.32. The quantitative estimate of drug-likeness (QED) is 0.833. The van der Waals surface area contributed by atoms with Gasteiger partial charge in [0.25, 0.3) is 0 Å². The molecular formula is C12H24N2O3S. The Morgan fingerprint density at radius 1 is 1.39 bits per heavy atom. The lowest BCUT2D eigenvalue weighted by Crippen LogP contribution is -2.37. The van der Waals surface area contributed by atoms with Crippen LogP contribution in [-0.4, -0.2) is 39.6 Å². The number of carbonyl (C=O) groups is 1. The van der Waals surface area contributed by atoms with Crippen molar-refractivity contribution in [1.29, 1.82) is 0 Å². The molecule has 1 aliphatic rings. The van der Waals surface area contributed by atoms with Gasteiger partial charge in [-0.1, -0.05) is 0 Å². The normalized spacial score (nSPS) is 23.3. The van der Waals surface area contributed by atoms with Crippen molar-refractivity contribution in [2.45, 2.75) is 45.6 Å². The first kappa shape index (κ1) is 15.4. The Morgan fingerprint density at radius 3 is 2.61 bits per heavy atom. The molecule has 1 amide bonds. The first-order valence-electron chi connectivity index (χ1n) is 6.38. The minimum absolute atomic E-state index is 0.253. The summed E-state index contributed by atoms with van der Waals surface area (Å²) in [7, 11) is -1.24. The highest BCUT2D eigenvalue weighted by atomic mass is 32.2. The Kier molecular flexibility index (Phi) is 5.59. The van der Waals surface area contributed by atoms with Crippen LogP contribution >= 0.6 is 0 Å². The fourth-order valence-corrected chi connectivity index (χ4v) is 2.87. The third-order valence-corrected chi connectivity index (χ3v) is 3.70. The van der Waals surface area contributed by atoms with Gasteiger partial charge in [-0.05, 0) is 46.0 Å². The van der Waals surface area contributed by atoms with Crippen LogP contribution in [0.1, 0.15) is 40.0 Å². The molecule has 1 heterocycles. The van der Waals surface area contributed by atoms with Crippen LogP contribution in [0.2, 0.25) is 0 Å². The third kappa shape index (κ3) is 5.82. The van der Waals surface area contributed by atoms with Crippen LogP contribution < -0.4 is 5.14 Å². The Balaban J connectivity index is 2.46. The van der Waals surface area contributed by atoms with Gasteiger partial charge in [0.1, 0.15) is 5.60 Å². The van der Waals surface area contributed by atoms with Crippen LogP contribution in [0.3, 0.4) is 0 Å². The number of hydrogen-bond donors (Lipinski definition) is 1. The molecule has 0 radical (unpaired) electrons. The average Bonchev–Trinajstić information content (AvgIpc) is 2.39. The molecule has 0 spiro atoms. The fraction of sp³-hybridized carbons (Fsp3) is 0.917. The van der Waals surface area contributed by atoms with Crippen LogP contribution in [0, 0.1) is 5.92 Å². The van der Waals surface area contributed by atoms with E-state index >= 15 is 0 Å². The van der Waals surface area contributed by atoms with Crippen molar-refractivity contribution < 1.29 is 13.7 Å². The maximum Gasteiger partial charge on any atom is 0.410 e. The standard InChI is InChI=1S/C12H24N2O3S/c1-12(2,3)17-11(15)14-7-4-5-10(6-8-14)9-18(13)16/h10H,4-9,13H2,1-3H3. The second kappa shape index (κ2) is 6.52. The van der Waals surface area contributed by atoms with Gasteiger partial charge in [0, 0.05) is 18.8 Å². The summed E-state index contributed by atoms with van der Waals surface area (Å²) >= 11 is 0. The molecule has 1 saturated heterocycles. The zero-order chi connectivity index (χ0) is 13.8. The van der Waals surface area contributed by atoms with E-state index in [0.717, 1.165) is 19.3 Å². The van der Waals surface area contributed by atoms with Gasteiger partial charge < -0.3 is 9.64 Å². The first-order valence-corrected chi connectivity index (χ1v) is 7.77. The van der Waals surface area contributed by atoms with E-state index < -0.39 is 16.6 Å². The summed E-state index contributed by atoms with van der Waals surface area (Å²) in [4.78, 5) is 13.7. The second-order valence-corrected chi connectivity index (χ2v) is 6.91. The number of ether oxygens (including phenoxy) is 1. The van der Waals surface area contributed by atoms with Crippen molar-refractivity contribution in [3.8, 4) is 0 Å². The number of rotatable bonds is 2. The van der Waals surface area contributed by atoms with Gasteiger partial charge in [-0.25, -0.2) is 9.00 Å². The molecule has 0 aromatic rings. The summed E-state index contributed by atoms with van der Waals surface area (Å²) in [5.74, 6) is 0.880. The number of carbonyl (C=O) groups excluding carboxylic acids is 1. The summed E-state index contributed by atoms with van der Waals surface area (Å²) in [6.07, 6.45) is 2.49. The summed E-state index contributed by atoms with van der Waals surface area (Å²) < 4.78 is 16.4. The molecule has 1 aliphatic heterocycles. The van der Waals surface area contributed by atoms with E-state index in [-0.39, 0.29) is 6.09 Å². The minimum Gasteiger partial charge on any atom is -0.444 e. The first-order chi connectivity index (χ1) is 8.28. The van der Waals surface area contributed by atoms with Crippen molar-refractivity contribution in [1.82, 2.24) is 4.90 Å². The van der Waals surface area contributed by atoms with Crippen molar-refractivity contribution in [3.63, 3.8) is 0 Å². The number of hydrogen-bond acceptors (Lipinski definition) is 3. The van der Waals surface area contributed by atoms with Gasteiger partial charge in [0.15, 0.2) is 0 Å². The maximum absolute atomic E-state index is 11.9. The molecule has 0 saturated carbocycles. The zero-order valence-corrected chi connectivity index (χ0v) is 12.3. The largest absolute Gasteiger partial charge is 0.444 e. The number of amides is 1. The predicted octanol–water partition coefficient (Wildman–Crippen LogP) is 1.65. The van der Waals surface area contributed by atoms with E-state index in [1.165, 1.54) is 0 Å². The zero-order valence-electron chi connectivity index (χ0n) is 11.5. The lowest BCUT2D eigenvalue weighted by Gasteiger charge is -2.26. The van der Waals surface area contributed by atoms with Crippen molar-refractivity contribution >= 4 is 17.1 Å². The van der Waals surface area contributed by atoms with Crippen LogP contribution in [0.25, 0.3) is 0 Å². The summed E-state index contributed by atoms with van der Waals surface area (Å²) in [5.41, 5.74) is -0.457. The maximum atomic E-state index is 11.9. The van der Waals surface area contributed by atoms with E-state index in [2.05, 4.69) is 0 Å². The highest BCUT2D eigenvalue weighted by Gasteiger charge is 2.25. The van der Waals surface area contributed by atoms with Crippen LogP contribution in [-0.2, 0) is 15.7 Å². The molecule has 0 aromatic heterocycles. The molecule has 18 heavy (non-hydrogen) atoms. The molecule has 2 atom stereocenters. The molecule has 6 heteroatoms. The number of nitrogens with two attached hydrogens (primary N) is 1. The molecule has 106 valence electrons. The summed E-state index contributed by atoms with van der Waals surface area (Å²) in [6, 6.07) is 0. The summed E-state index contributed by atoms with van der Waals surface area (Å²) in [6.45, 7) is 6.97. The van der Waals surface area contributed by atoms with Crippen LogP contribution in [0.4, 0.5) is 4.79 Å². The Morgan fingerprint density at radius 2 is 2.06 bits per heavy atom. The van der Waals surface area contributed by atoms with Gasteiger partial charge in [0.2, 0.25) is 0 Å². The van der Waals surface area contributed by atoms with Gasteiger partial charge >= 0.3 is 6.09 Å². The highest BCUT2D eigenvalue weighted by molar-refractivity contribution is 7.82. The van der Waals surface area contributed by atoms with Crippen molar-refractivity contribution in [3.05, 3.63) is 0 Å². The predicted molar refractivity (Wildman–Crippen MR) is 72.3 cm³/mol. The number of nitrogens with zero attached hydrogens (tertiary/aromatic N) is 1. The lowest BCUT2D eigenvalue weighted by atomic mass is 10.0. The Bertz CT molecular complexity index is 315. The SMILES string of the molecule is CC(C)(C)OC(=O)N1CCCC(CS(N)=O)CC1. The molecule has 0 bridgehead atoms. The topological polar surface area (TPSA) is 72.6 Å². The molecule has 0 aliphatic carbocycles. The third-order valence-electron chi connectivity index (χ3n) is 2.90. The average molecular weight is 276 g/mol. The highest BCUT2D eigenvalue weighted by Crippen LogP contribution is 2.19. The fourth-order valence-electron chi connectivity index (χ4n) is 2.07. The van der Waals surface area contributed by atoms with Gasteiger partial charge in [-0.2, -0.15) is 0 Å². The molecule has 5 nitrogen and oxygen atoms in total. The van der Waals surface area contributed by atoms with E-state index in [1.807, 2.05) is 20.8 Å². The van der Waals surface area contributed by atoms with Crippen molar-refractivity contribution in [2.75, 3.05) is 18.8 Å². The molecule has 0 aromatic carbocycles. The minimum atomic E-state index is -1.24. The van der Waals surface area contributed by atoms with Gasteiger partial charge in [-0.15, -0.1) is 0 Å². The molecule has 1 fully saturated rings. The smallest absolute Gasteiger partial charge is 0.410 e. The van der Waals surface area contributed by atoms with Gasteiger partial charge in [-0.3, -0.25) is 5.14 Å². The number of likely N-dealkylation sites (tertiary alicyclic amines) is 1. The Hall–Kier alpha value is -0.620. The molecule has 1 rings (SSSR count). The van der Waals surface area contributed by atoms with Crippen LogP contribution in [0.15, 0.2) is 0 Å². The van der Waals surface area contributed by atoms with Gasteiger partial charge in [0.05, 0.1) is 11.0 Å². The second-order valence-electron chi connectivity index (χ2n) is 5.81. The van der Waals surface area contributed by atoms with E-state index in [4.69, 9.17) is 9.88 Å². The molecule has 2 unspecified atom stereocenters. The van der Waals surface area contributed by atoms with Crippen molar-refractivity contribution in [2.24, 2.45) is 11.1 Å².